The lowest BCUT2D eigenvalue weighted by Gasteiger charge is -2.40. The Morgan fingerprint density at radius 2 is 2.19 bits per heavy atom. The van der Waals surface area contributed by atoms with E-state index in [9.17, 15) is 4.79 Å². The molecule has 0 aromatic carbocycles. The zero-order valence-electron chi connectivity index (χ0n) is 11.6. The molecular weight excluding hydrogens is 270 g/mol. The number of nitrogens with one attached hydrogen (secondary N) is 1. The minimum atomic E-state index is -0.177. The second-order valence-electron chi connectivity index (χ2n) is 4.70. The molecule has 7 nitrogen and oxygen atoms in total. The van der Waals surface area contributed by atoms with Crippen molar-refractivity contribution in [2.75, 3.05) is 25.1 Å². The van der Waals surface area contributed by atoms with E-state index in [4.69, 9.17) is 4.74 Å². The van der Waals surface area contributed by atoms with E-state index in [1.54, 1.807) is 36.9 Å². The van der Waals surface area contributed by atoms with Crippen LogP contribution in [-0.4, -0.2) is 47.1 Å². The van der Waals surface area contributed by atoms with Gasteiger partial charge in [-0.15, -0.1) is 0 Å². The first-order chi connectivity index (χ1) is 10.3. The molecule has 0 spiro atoms. The van der Waals surface area contributed by atoms with Gasteiger partial charge in [-0.05, 0) is 12.1 Å². The van der Waals surface area contributed by atoms with Gasteiger partial charge in [-0.3, -0.25) is 9.78 Å². The maximum Gasteiger partial charge on any atom is 0.257 e. The van der Waals surface area contributed by atoms with Crippen molar-refractivity contribution in [1.82, 2.24) is 20.3 Å². The standard InChI is InChI=1S/C14H15N5O2/c1-21-14-11(3-2-4-17-14)13(20)18-10-8-19(9-10)12-7-15-5-6-16-12/h2-7,10H,8-9H2,1H3,(H,18,20). The summed E-state index contributed by atoms with van der Waals surface area (Å²) in [6.45, 7) is 1.43. The van der Waals surface area contributed by atoms with Crippen molar-refractivity contribution in [3.05, 3.63) is 42.5 Å². The van der Waals surface area contributed by atoms with Crippen LogP contribution in [0.1, 0.15) is 10.4 Å². The first kappa shape index (κ1) is 13.3. The largest absolute Gasteiger partial charge is 0.480 e. The molecule has 1 saturated heterocycles. The molecule has 7 heteroatoms. The first-order valence-corrected chi connectivity index (χ1v) is 6.59. The predicted molar refractivity (Wildman–Crippen MR) is 76.3 cm³/mol. The minimum Gasteiger partial charge on any atom is -0.480 e. The summed E-state index contributed by atoms with van der Waals surface area (Å²) in [5.74, 6) is 0.978. The van der Waals surface area contributed by atoms with Gasteiger partial charge < -0.3 is 15.0 Å². The molecule has 21 heavy (non-hydrogen) atoms. The van der Waals surface area contributed by atoms with E-state index in [0.717, 1.165) is 5.82 Å². The molecule has 108 valence electrons. The van der Waals surface area contributed by atoms with Gasteiger partial charge in [0.25, 0.3) is 5.91 Å². The molecule has 1 N–H and O–H groups in total. The van der Waals surface area contributed by atoms with Crippen molar-refractivity contribution in [2.45, 2.75) is 6.04 Å². The quantitative estimate of drug-likeness (QED) is 0.881. The summed E-state index contributed by atoms with van der Waals surface area (Å²) in [7, 11) is 1.50. The number of hydrogen-bond acceptors (Lipinski definition) is 6. The van der Waals surface area contributed by atoms with Crippen LogP contribution in [0.4, 0.5) is 5.82 Å². The van der Waals surface area contributed by atoms with Gasteiger partial charge in [0.05, 0.1) is 19.3 Å². The molecule has 1 fully saturated rings. The van der Waals surface area contributed by atoms with E-state index in [2.05, 4.69) is 25.2 Å². The highest BCUT2D eigenvalue weighted by Gasteiger charge is 2.30. The Balaban J connectivity index is 1.58. The summed E-state index contributed by atoms with van der Waals surface area (Å²) in [5.41, 5.74) is 0.443. The van der Waals surface area contributed by atoms with Crippen molar-refractivity contribution in [3.8, 4) is 5.88 Å². The van der Waals surface area contributed by atoms with E-state index >= 15 is 0 Å². The average molecular weight is 285 g/mol. The van der Waals surface area contributed by atoms with Crippen molar-refractivity contribution >= 4 is 11.7 Å². The molecule has 1 amide bonds. The fourth-order valence-corrected chi connectivity index (χ4v) is 2.20. The number of amides is 1. The van der Waals surface area contributed by atoms with E-state index in [1.165, 1.54) is 7.11 Å². The summed E-state index contributed by atoms with van der Waals surface area (Å²) < 4.78 is 5.09. The highest BCUT2D eigenvalue weighted by atomic mass is 16.5. The van der Waals surface area contributed by atoms with Crippen molar-refractivity contribution < 1.29 is 9.53 Å². The Morgan fingerprint density at radius 3 is 2.90 bits per heavy atom. The lowest BCUT2D eigenvalue weighted by Crippen LogP contribution is -2.59. The van der Waals surface area contributed by atoms with Crippen LogP contribution in [0.3, 0.4) is 0 Å². The van der Waals surface area contributed by atoms with Gasteiger partial charge in [-0.2, -0.15) is 0 Å². The fraction of sp³-hybridized carbons (Fsp3) is 0.286. The van der Waals surface area contributed by atoms with E-state index in [0.29, 0.717) is 24.5 Å². The van der Waals surface area contributed by atoms with Crippen molar-refractivity contribution in [2.24, 2.45) is 0 Å². The number of nitrogens with zero attached hydrogens (tertiary/aromatic N) is 4. The van der Waals surface area contributed by atoms with Crippen LogP contribution in [0.25, 0.3) is 0 Å². The molecule has 0 atom stereocenters. The van der Waals surface area contributed by atoms with Gasteiger partial charge in [0, 0.05) is 31.7 Å². The third-order valence-electron chi connectivity index (χ3n) is 3.30. The van der Waals surface area contributed by atoms with Gasteiger partial charge >= 0.3 is 0 Å². The number of methoxy groups -OCH3 is 1. The molecule has 0 aliphatic carbocycles. The van der Waals surface area contributed by atoms with Crippen molar-refractivity contribution in [1.29, 1.82) is 0 Å². The molecule has 2 aromatic rings. The average Bonchev–Trinajstić information content (AvgIpc) is 2.51. The minimum absolute atomic E-state index is 0.0874. The van der Waals surface area contributed by atoms with Crippen LogP contribution in [0, 0.1) is 0 Å². The summed E-state index contributed by atoms with van der Waals surface area (Å²) in [5, 5.41) is 2.96. The van der Waals surface area contributed by atoms with Crippen molar-refractivity contribution in [3.63, 3.8) is 0 Å². The number of hydrogen-bond donors (Lipinski definition) is 1. The lowest BCUT2D eigenvalue weighted by molar-refractivity contribution is 0.0926. The van der Waals surface area contributed by atoms with Gasteiger partial charge in [-0.1, -0.05) is 0 Å². The van der Waals surface area contributed by atoms with Gasteiger partial charge in [0.15, 0.2) is 0 Å². The zero-order chi connectivity index (χ0) is 14.7. The van der Waals surface area contributed by atoms with Crippen LogP contribution < -0.4 is 15.0 Å². The van der Waals surface area contributed by atoms with E-state index in [1.807, 2.05) is 0 Å². The number of rotatable bonds is 4. The number of anilines is 1. The number of ether oxygens (including phenoxy) is 1. The Kier molecular flexibility index (Phi) is 3.63. The number of aromatic nitrogens is 3. The number of pyridine rings is 1. The van der Waals surface area contributed by atoms with Crippen LogP contribution >= 0.6 is 0 Å². The highest BCUT2D eigenvalue weighted by molar-refractivity contribution is 5.96. The smallest absolute Gasteiger partial charge is 0.257 e. The van der Waals surface area contributed by atoms with E-state index < -0.39 is 0 Å². The second-order valence-corrected chi connectivity index (χ2v) is 4.70. The number of carbonyl (C=O) groups is 1. The Morgan fingerprint density at radius 1 is 1.33 bits per heavy atom. The van der Waals surface area contributed by atoms with Gasteiger partial charge in [0.2, 0.25) is 5.88 Å². The molecule has 1 aliphatic heterocycles. The van der Waals surface area contributed by atoms with Crippen LogP contribution in [0.15, 0.2) is 36.9 Å². The molecule has 0 bridgehead atoms. The third-order valence-corrected chi connectivity index (χ3v) is 3.30. The predicted octanol–water partition coefficient (Wildman–Crippen LogP) is 0.499. The fourth-order valence-electron chi connectivity index (χ4n) is 2.20. The summed E-state index contributed by atoms with van der Waals surface area (Å²) in [6.07, 6.45) is 6.59. The SMILES string of the molecule is COc1ncccc1C(=O)NC1CN(c2cnccn2)C1. The van der Waals surface area contributed by atoms with Gasteiger partial charge in [0.1, 0.15) is 11.4 Å². The molecule has 0 unspecified atom stereocenters. The Hall–Kier alpha value is -2.70. The molecular formula is C14H15N5O2. The number of carbonyl (C=O) groups excluding carboxylic acids is 1. The maximum absolute atomic E-state index is 12.2. The summed E-state index contributed by atoms with van der Waals surface area (Å²) in [4.78, 5) is 26.5. The summed E-state index contributed by atoms with van der Waals surface area (Å²) >= 11 is 0. The highest BCUT2D eigenvalue weighted by Crippen LogP contribution is 2.18. The van der Waals surface area contributed by atoms with E-state index in [-0.39, 0.29) is 11.9 Å². The maximum atomic E-state index is 12.2. The first-order valence-electron chi connectivity index (χ1n) is 6.59. The van der Waals surface area contributed by atoms with Crippen LogP contribution in [-0.2, 0) is 0 Å². The molecule has 0 saturated carbocycles. The monoisotopic (exact) mass is 285 g/mol. The Bertz CT molecular complexity index is 628. The topological polar surface area (TPSA) is 80.2 Å². The zero-order valence-corrected chi connectivity index (χ0v) is 11.6. The van der Waals surface area contributed by atoms with Crippen LogP contribution in [0.5, 0.6) is 5.88 Å². The normalized spacial score (nSPS) is 14.4. The molecule has 1 aliphatic rings. The molecule has 3 heterocycles. The summed E-state index contributed by atoms with van der Waals surface area (Å²) in [6, 6.07) is 3.49. The lowest BCUT2D eigenvalue weighted by atomic mass is 10.1. The van der Waals surface area contributed by atoms with Gasteiger partial charge in [-0.25, -0.2) is 9.97 Å². The molecule has 3 rings (SSSR count). The van der Waals surface area contributed by atoms with Crippen LogP contribution in [0.2, 0.25) is 0 Å². The second kappa shape index (κ2) is 5.74. The molecule has 2 aromatic heterocycles. The molecule has 0 radical (unpaired) electrons. The Labute approximate surface area is 122 Å². The third kappa shape index (κ3) is 2.76.